The molecule has 1 fully saturated rings. The van der Waals surface area contributed by atoms with Gasteiger partial charge in [0.05, 0.1) is 15.2 Å². The molecule has 0 radical (unpaired) electrons. The van der Waals surface area contributed by atoms with E-state index in [0.717, 1.165) is 28.1 Å². The molecule has 1 aromatic heterocycles. The van der Waals surface area contributed by atoms with Crippen LogP contribution in [0.1, 0.15) is 44.5 Å². The molecular formula is C16H21FN2S. The molecule has 2 N–H and O–H groups in total. The van der Waals surface area contributed by atoms with Gasteiger partial charge in [-0.25, -0.2) is 9.37 Å². The molecule has 4 heteroatoms. The van der Waals surface area contributed by atoms with Gasteiger partial charge in [0.25, 0.3) is 0 Å². The zero-order chi connectivity index (χ0) is 14.5. The van der Waals surface area contributed by atoms with Crippen LogP contribution in [-0.2, 0) is 0 Å². The Hall–Kier alpha value is -1.000. The van der Waals surface area contributed by atoms with E-state index in [4.69, 9.17) is 10.7 Å². The van der Waals surface area contributed by atoms with E-state index in [2.05, 4.69) is 20.8 Å². The molecule has 2 aromatic rings. The Kier molecular flexibility index (Phi) is 3.33. The fourth-order valence-corrected chi connectivity index (χ4v) is 4.68. The lowest BCUT2D eigenvalue weighted by Crippen LogP contribution is -2.45. The van der Waals surface area contributed by atoms with Crippen LogP contribution in [0, 0.1) is 17.2 Å². The predicted octanol–water partition coefficient (Wildman–Crippen LogP) is 4.30. The van der Waals surface area contributed by atoms with Crippen molar-refractivity contribution in [2.45, 2.75) is 45.6 Å². The number of benzene rings is 1. The molecule has 20 heavy (non-hydrogen) atoms. The topological polar surface area (TPSA) is 38.9 Å². The maximum Gasteiger partial charge on any atom is 0.124 e. The summed E-state index contributed by atoms with van der Waals surface area (Å²) in [5, 5.41) is 1.13. The average molecular weight is 292 g/mol. The van der Waals surface area contributed by atoms with Gasteiger partial charge in [-0.2, -0.15) is 0 Å². The summed E-state index contributed by atoms with van der Waals surface area (Å²) in [6.45, 7) is 6.81. The maximum absolute atomic E-state index is 13.3. The summed E-state index contributed by atoms with van der Waals surface area (Å²) in [6, 6.07) is 5.11. The van der Waals surface area contributed by atoms with E-state index in [9.17, 15) is 4.39 Å². The molecule has 1 aliphatic rings. The molecule has 0 aliphatic heterocycles. The first-order valence-corrected chi connectivity index (χ1v) is 8.03. The minimum absolute atomic E-state index is 0.129. The van der Waals surface area contributed by atoms with Crippen molar-refractivity contribution in [3.63, 3.8) is 0 Å². The van der Waals surface area contributed by atoms with Gasteiger partial charge in [0.2, 0.25) is 0 Å². The molecule has 3 unspecified atom stereocenters. The first-order valence-electron chi connectivity index (χ1n) is 7.21. The molecule has 108 valence electrons. The minimum atomic E-state index is -0.189. The van der Waals surface area contributed by atoms with Gasteiger partial charge in [-0.15, -0.1) is 11.3 Å². The molecule has 0 amide bonds. The molecule has 3 atom stereocenters. The number of fused-ring (bicyclic) bond motifs is 1. The van der Waals surface area contributed by atoms with Crippen LogP contribution < -0.4 is 5.73 Å². The van der Waals surface area contributed by atoms with Crippen molar-refractivity contribution in [2.75, 3.05) is 0 Å². The summed E-state index contributed by atoms with van der Waals surface area (Å²) in [4.78, 5) is 4.74. The monoisotopic (exact) mass is 292 g/mol. The number of thiazole rings is 1. The highest BCUT2D eigenvalue weighted by Crippen LogP contribution is 2.50. The van der Waals surface area contributed by atoms with Crippen molar-refractivity contribution in [2.24, 2.45) is 17.1 Å². The number of hydrogen-bond acceptors (Lipinski definition) is 3. The van der Waals surface area contributed by atoms with Gasteiger partial charge in [-0.05, 0) is 42.4 Å². The van der Waals surface area contributed by atoms with Crippen LogP contribution in [0.5, 0.6) is 0 Å². The van der Waals surface area contributed by atoms with Gasteiger partial charge < -0.3 is 5.73 Å². The first kappa shape index (κ1) is 14.0. The smallest absolute Gasteiger partial charge is 0.124 e. The SMILES string of the molecule is CC1C(N)CCC(c2nc3ccc(F)cc3s2)C1(C)C. The van der Waals surface area contributed by atoms with Gasteiger partial charge in [0, 0.05) is 12.0 Å². The van der Waals surface area contributed by atoms with Crippen molar-refractivity contribution >= 4 is 21.6 Å². The number of aromatic nitrogens is 1. The largest absolute Gasteiger partial charge is 0.327 e. The Morgan fingerprint density at radius 2 is 2.10 bits per heavy atom. The predicted molar refractivity (Wildman–Crippen MR) is 82.5 cm³/mol. The summed E-state index contributed by atoms with van der Waals surface area (Å²) in [5.74, 6) is 0.689. The second kappa shape index (κ2) is 4.78. The molecular weight excluding hydrogens is 271 g/mol. The number of hydrogen-bond donors (Lipinski definition) is 1. The lowest BCUT2D eigenvalue weighted by Gasteiger charge is -2.46. The van der Waals surface area contributed by atoms with E-state index in [1.165, 1.54) is 6.07 Å². The third-order valence-corrected chi connectivity index (χ3v) is 6.30. The molecule has 1 saturated carbocycles. The van der Waals surface area contributed by atoms with Gasteiger partial charge in [0.15, 0.2) is 0 Å². The molecule has 0 spiro atoms. The number of halogens is 1. The van der Waals surface area contributed by atoms with Crippen molar-refractivity contribution in [3.05, 3.63) is 29.0 Å². The average Bonchev–Trinajstić information content (AvgIpc) is 2.78. The lowest BCUT2D eigenvalue weighted by atomic mass is 9.61. The number of nitrogens with two attached hydrogens (primary N) is 1. The first-order chi connectivity index (χ1) is 9.39. The zero-order valence-electron chi connectivity index (χ0n) is 12.2. The quantitative estimate of drug-likeness (QED) is 0.851. The third-order valence-electron chi connectivity index (χ3n) is 5.17. The van der Waals surface area contributed by atoms with E-state index >= 15 is 0 Å². The Balaban J connectivity index is 2.01. The zero-order valence-corrected chi connectivity index (χ0v) is 13.0. The van der Waals surface area contributed by atoms with Crippen LogP contribution in [0.4, 0.5) is 4.39 Å². The van der Waals surface area contributed by atoms with Crippen molar-refractivity contribution < 1.29 is 4.39 Å². The van der Waals surface area contributed by atoms with Crippen molar-refractivity contribution in [1.82, 2.24) is 4.98 Å². The standard InChI is InChI=1S/C16H21FN2S/c1-9-12(18)6-5-11(16(9,2)3)15-19-13-7-4-10(17)8-14(13)20-15/h4,7-9,11-12H,5-6,18H2,1-3H3. The molecule has 0 bridgehead atoms. The number of rotatable bonds is 1. The molecule has 3 rings (SSSR count). The highest BCUT2D eigenvalue weighted by molar-refractivity contribution is 7.18. The van der Waals surface area contributed by atoms with Crippen molar-refractivity contribution in [3.8, 4) is 0 Å². The molecule has 2 nitrogen and oxygen atoms in total. The van der Waals surface area contributed by atoms with E-state index in [-0.39, 0.29) is 17.3 Å². The fraction of sp³-hybridized carbons (Fsp3) is 0.562. The normalized spacial score (nSPS) is 29.8. The molecule has 1 aromatic carbocycles. The Labute approximate surface area is 123 Å². The van der Waals surface area contributed by atoms with E-state index in [0.29, 0.717) is 11.8 Å². The van der Waals surface area contributed by atoms with Gasteiger partial charge in [-0.1, -0.05) is 20.8 Å². The van der Waals surface area contributed by atoms with E-state index in [1.54, 1.807) is 23.5 Å². The number of nitrogens with zero attached hydrogens (tertiary/aromatic N) is 1. The highest BCUT2D eigenvalue weighted by Gasteiger charge is 2.43. The molecule has 0 saturated heterocycles. The van der Waals surface area contributed by atoms with Crippen LogP contribution in [0.3, 0.4) is 0 Å². The van der Waals surface area contributed by atoms with Gasteiger partial charge in [0.1, 0.15) is 5.82 Å². The summed E-state index contributed by atoms with van der Waals surface area (Å²) >= 11 is 1.63. The van der Waals surface area contributed by atoms with E-state index in [1.807, 2.05) is 0 Å². The highest BCUT2D eigenvalue weighted by atomic mass is 32.1. The fourth-order valence-electron chi connectivity index (χ4n) is 3.36. The minimum Gasteiger partial charge on any atom is -0.327 e. The molecule has 1 heterocycles. The summed E-state index contributed by atoms with van der Waals surface area (Å²) < 4.78 is 14.3. The van der Waals surface area contributed by atoms with Crippen molar-refractivity contribution in [1.29, 1.82) is 0 Å². The van der Waals surface area contributed by atoms with E-state index < -0.39 is 0 Å². The van der Waals surface area contributed by atoms with Crippen LogP contribution in [-0.4, -0.2) is 11.0 Å². The van der Waals surface area contributed by atoms with Gasteiger partial charge >= 0.3 is 0 Å². The van der Waals surface area contributed by atoms with Gasteiger partial charge in [-0.3, -0.25) is 0 Å². The second-order valence-corrected chi connectivity index (χ2v) is 7.63. The van der Waals surface area contributed by atoms with Crippen LogP contribution in [0.25, 0.3) is 10.2 Å². The Morgan fingerprint density at radius 3 is 2.85 bits per heavy atom. The summed E-state index contributed by atoms with van der Waals surface area (Å²) in [5.41, 5.74) is 7.26. The van der Waals surface area contributed by atoms with Crippen LogP contribution in [0.15, 0.2) is 18.2 Å². The Morgan fingerprint density at radius 1 is 1.35 bits per heavy atom. The van der Waals surface area contributed by atoms with Crippen LogP contribution >= 0.6 is 11.3 Å². The summed E-state index contributed by atoms with van der Waals surface area (Å²) in [6.07, 6.45) is 2.11. The third kappa shape index (κ3) is 2.15. The maximum atomic E-state index is 13.3. The van der Waals surface area contributed by atoms with Crippen LogP contribution in [0.2, 0.25) is 0 Å². The lowest BCUT2D eigenvalue weighted by molar-refractivity contribution is 0.0993. The summed E-state index contributed by atoms with van der Waals surface area (Å²) in [7, 11) is 0. The Bertz CT molecular complexity index is 634. The second-order valence-electron chi connectivity index (χ2n) is 6.57. The molecule has 1 aliphatic carbocycles.